The predicted molar refractivity (Wildman–Crippen MR) is 57.4 cm³/mol. The lowest BCUT2D eigenvalue weighted by Crippen LogP contribution is -2.07. The zero-order chi connectivity index (χ0) is 10.5. The SMILES string of the molecule is C=CCCCCCOCCOCCO. The van der Waals surface area contributed by atoms with Crippen LogP contribution in [-0.4, -0.2) is 38.1 Å². The molecule has 0 fully saturated rings. The molecule has 0 heterocycles. The summed E-state index contributed by atoms with van der Waals surface area (Å²) < 4.78 is 10.4. The maximum absolute atomic E-state index is 8.42. The zero-order valence-corrected chi connectivity index (χ0v) is 8.91. The third-order valence-electron chi connectivity index (χ3n) is 1.80. The van der Waals surface area contributed by atoms with E-state index in [4.69, 9.17) is 14.6 Å². The molecule has 84 valence electrons. The average molecular weight is 202 g/mol. The lowest BCUT2D eigenvalue weighted by Gasteiger charge is -2.04. The Balaban J connectivity index is 2.81. The minimum Gasteiger partial charge on any atom is -0.394 e. The van der Waals surface area contributed by atoms with Crippen molar-refractivity contribution in [1.82, 2.24) is 0 Å². The molecule has 0 aliphatic rings. The molecular weight excluding hydrogens is 180 g/mol. The van der Waals surface area contributed by atoms with Gasteiger partial charge in [-0.1, -0.05) is 12.5 Å². The summed E-state index contributed by atoms with van der Waals surface area (Å²) in [5, 5.41) is 8.42. The van der Waals surface area contributed by atoms with Crippen LogP contribution in [0.5, 0.6) is 0 Å². The second kappa shape index (κ2) is 12.6. The summed E-state index contributed by atoms with van der Waals surface area (Å²) in [6, 6.07) is 0. The fraction of sp³-hybridized carbons (Fsp3) is 0.818. The smallest absolute Gasteiger partial charge is 0.0701 e. The number of aliphatic hydroxyl groups is 1. The maximum Gasteiger partial charge on any atom is 0.0701 e. The quantitative estimate of drug-likeness (QED) is 0.410. The second-order valence-corrected chi connectivity index (χ2v) is 3.09. The van der Waals surface area contributed by atoms with Gasteiger partial charge in [0.2, 0.25) is 0 Å². The molecule has 3 heteroatoms. The highest BCUT2D eigenvalue weighted by atomic mass is 16.5. The van der Waals surface area contributed by atoms with Crippen LogP contribution >= 0.6 is 0 Å². The number of rotatable bonds is 11. The Bertz CT molecular complexity index is 115. The molecule has 0 saturated carbocycles. The van der Waals surface area contributed by atoms with Gasteiger partial charge in [0.25, 0.3) is 0 Å². The van der Waals surface area contributed by atoms with Crippen molar-refractivity contribution in [2.45, 2.75) is 25.7 Å². The van der Waals surface area contributed by atoms with Crippen molar-refractivity contribution in [1.29, 1.82) is 0 Å². The van der Waals surface area contributed by atoms with Crippen LogP contribution in [0.25, 0.3) is 0 Å². The van der Waals surface area contributed by atoms with Gasteiger partial charge in [0, 0.05) is 6.61 Å². The van der Waals surface area contributed by atoms with E-state index in [1.807, 2.05) is 6.08 Å². The first-order valence-electron chi connectivity index (χ1n) is 5.29. The van der Waals surface area contributed by atoms with Gasteiger partial charge in [-0.05, 0) is 19.3 Å². The Kier molecular flexibility index (Phi) is 12.3. The highest BCUT2D eigenvalue weighted by Gasteiger charge is 1.90. The van der Waals surface area contributed by atoms with Crippen molar-refractivity contribution < 1.29 is 14.6 Å². The Morgan fingerprint density at radius 1 is 0.929 bits per heavy atom. The molecule has 0 amide bonds. The fourth-order valence-corrected chi connectivity index (χ4v) is 1.06. The number of aliphatic hydroxyl groups excluding tert-OH is 1. The number of ether oxygens (including phenoxy) is 2. The highest BCUT2D eigenvalue weighted by Crippen LogP contribution is 1.99. The van der Waals surface area contributed by atoms with Gasteiger partial charge in [0.05, 0.1) is 26.4 Å². The van der Waals surface area contributed by atoms with E-state index in [9.17, 15) is 0 Å². The van der Waals surface area contributed by atoms with E-state index in [1.54, 1.807) is 0 Å². The van der Waals surface area contributed by atoms with Crippen molar-refractivity contribution in [3.8, 4) is 0 Å². The van der Waals surface area contributed by atoms with Crippen LogP contribution in [0.2, 0.25) is 0 Å². The molecule has 0 saturated heterocycles. The number of hydrogen-bond donors (Lipinski definition) is 1. The van der Waals surface area contributed by atoms with Gasteiger partial charge in [0.1, 0.15) is 0 Å². The van der Waals surface area contributed by atoms with E-state index in [0.29, 0.717) is 19.8 Å². The molecule has 0 unspecified atom stereocenters. The standard InChI is InChI=1S/C11H22O3/c1-2-3-4-5-6-8-13-10-11-14-9-7-12/h2,12H,1,3-11H2. The van der Waals surface area contributed by atoms with Crippen LogP contribution in [0.3, 0.4) is 0 Å². The molecule has 14 heavy (non-hydrogen) atoms. The van der Waals surface area contributed by atoms with Gasteiger partial charge in [-0.25, -0.2) is 0 Å². The van der Waals surface area contributed by atoms with Gasteiger partial charge in [0.15, 0.2) is 0 Å². The molecule has 0 aromatic heterocycles. The fourth-order valence-electron chi connectivity index (χ4n) is 1.06. The first-order chi connectivity index (χ1) is 6.91. The largest absolute Gasteiger partial charge is 0.394 e. The second-order valence-electron chi connectivity index (χ2n) is 3.09. The number of allylic oxidation sites excluding steroid dienone is 1. The van der Waals surface area contributed by atoms with Gasteiger partial charge in [-0.15, -0.1) is 6.58 Å². The van der Waals surface area contributed by atoms with Gasteiger partial charge < -0.3 is 14.6 Å². The Hall–Kier alpha value is -0.380. The van der Waals surface area contributed by atoms with Gasteiger partial charge >= 0.3 is 0 Å². The van der Waals surface area contributed by atoms with Gasteiger partial charge in [-0.2, -0.15) is 0 Å². The van der Waals surface area contributed by atoms with E-state index < -0.39 is 0 Å². The van der Waals surface area contributed by atoms with Crippen LogP contribution in [0, 0.1) is 0 Å². The summed E-state index contributed by atoms with van der Waals surface area (Å²) in [5.41, 5.74) is 0. The molecule has 0 radical (unpaired) electrons. The molecule has 0 aliphatic heterocycles. The third kappa shape index (κ3) is 11.6. The van der Waals surface area contributed by atoms with E-state index in [1.165, 1.54) is 12.8 Å². The molecule has 0 aliphatic carbocycles. The molecule has 1 N–H and O–H groups in total. The number of hydrogen-bond acceptors (Lipinski definition) is 3. The summed E-state index contributed by atoms with van der Waals surface area (Å²) in [4.78, 5) is 0. The van der Waals surface area contributed by atoms with Crippen molar-refractivity contribution >= 4 is 0 Å². The van der Waals surface area contributed by atoms with E-state index in [2.05, 4.69) is 6.58 Å². The molecule has 0 aromatic carbocycles. The zero-order valence-electron chi connectivity index (χ0n) is 8.91. The van der Waals surface area contributed by atoms with Crippen LogP contribution in [0.4, 0.5) is 0 Å². The maximum atomic E-state index is 8.42. The van der Waals surface area contributed by atoms with E-state index in [-0.39, 0.29) is 6.61 Å². The summed E-state index contributed by atoms with van der Waals surface area (Å²) in [5.74, 6) is 0. The Labute approximate surface area is 86.7 Å². The topological polar surface area (TPSA) is 38.7 Å². The van der Waals surface area contributed by atoms with Gasteiger partial charge in [-0.3, -0.25) is 0 Å². The van der Waals surface area contributed by atoms with Crippen LogP contribution in [0.15, 0.2) is 12.7 Å². The molecule has 0 aromatic rings. The molecule has 0 bridgehead atoms. The average Bonchev–Trinajstić information content (AvgIpc) is 2.21. The molecule has 0 spiro atoms. The third-order valence-corrected chi connectivity index (χ3v) is 1.80. The molecule has 0 atom stereocenters. The molecular formula is C11H22O3. The summed E-state index contributed by atoms with van der Waals surface area (Å²) >= 11 is 0. The van der Waals surface area contributed by atoms with Crippen LogP contribution in [-0.2, 0) is 9.47 Å². The van der Waals surface area contributed by atoms with Crippen LogP contribution < -0.4 is 0 Å². The summed E-state index contributed by atoms with van der Waals surface area (Å²) in [6.07, 6.45) is 6.55. The lowest BCUT2D eigenvalue weighted by atomic mass is 10.2. The predicted octanol–water partition coefficient (Wildman–Crippen LogP) is 1.76. The first-order valence-corrected chi connectivity index (χ1v) is 5.29. The Morgan fingerprint density at radius 2 is 1.64 bits per heavy atom. The van der Waals surface area contributed by atoms with E-state index in [0.717, 1.165) is 19.4 Å². The minimum atomic E-state index is 0.0849. The van der Waals surface area contributed by atoms with Crippen LogP contribution in [0.1, 0.15) is 25.7 Å². The highest BCUT2D eigenvalue weighted by molar-refractivity contribution is 4.65. The summed E-state index contributed by atoms with van der Waals surface area (Å²) in [6.45, 7) is 6.17. The van der Waals surface area contributed by atoms with E-state index >= 15 is 0 Å². The monoisotopic (exact) mass is 202 g/mol. The van der Waals surface area contributed by atoms with Crippen molar-refractivity contribution in [2.24, 2.45) is 0 Å². The Morgan fingerprint density at radius 3 is 2.29 bits per heavy atom. The first kappa shape index (κ1) is 13.6. The van der Waals surface area contributed by atoms with Crippen molar-refractivity contribution in [3.63, 3.8) is 0 Å². The minimum absolute atomic E-state index is 0.0849. The normalized spacial score (nSPS) is 10.4. The molecule has 0 rings (SSSR count). The van der Waals surface area contributed by atoms with Crippen molar-refractivity contribution in [3.05, 3.63) is 12.7 Å². The number of unbranched alkanes of at least 4 members (excludes halogenated alkanes) is 3. The lowest BCUT2D eigenvalue weighted by molar-refractivity contribution is 0.0321. The summed E-state index contributed by atoms with van der Waals surface area (Å²) in [7, 11) is 0. The van der Waals surface area contributed by atoms with Crippen molar-refractivity contribution in [2.75, 3.05) is 33.0 Å². The molecule has 3 nitrogen and oxygen atoms in total.